The Bertz CT molecular complexity index is 697. The van der Waals surface area contributed by atoms with Crippen LogP contribution in [0.4, 0.5) is 0 Å². The predicted octanol–water partition coefficient (Wildman–Crippen LogP) is 0.279. The summed E-state index contributed by atoms with van der Waals surface area (Å²) in [6.07, 6.45) is 5.35. The number of likely N-dealkylation sites (tertiary alicyclic amines) is 1. The van der Waals surface area contributed by atoms with Gasteiger partial charge in [0.25, 0.3) is 0 Å². The average Bonchev–Trinajstić information content (AvgIpc) is 3.40. The molecule has 8 heteroatoms. The van der Waals surface area contributed by atoms with Crippen molar-refractivity contribution >= 4 is 29.5 Å². The van der Waals surface area contributed by atoms with E-state index in [0.29, 0.717) is 29.4 Å². The third-order valence-electron chi connectivity index (χ3n) is 4.96. The molecule has 0 aromatic rings. The van der Waals surface area contributed by atoms with Crippen LogP contribution in [-0.4, -0.2) is 62.4 Å². The summed E-state index contributed by atoms with van der Waals surface area (Å²) in [5.41, 5.74) is 6.91. The molecule has 1 aliphatic carbocycles. The minimum Gasteiger partial charge on any atom is -0.477 e. The first kappa shape index (κ1) is 15.7. The number of fused-ring (bicyclic) bond motifs is 1. The number of aliphatic carboxylic acids is 1. The van der Waals surface area contributed by atoms with Crippen molar-refractivity contribution in [1.82, 2.24) is 9.80 Å². The van der Waals surface area contributed by atoms with E-state index in [4.69, 9.17) is 5.73 Å². The Morgan fingerprint density at radius 1 is 1.33 bits per heavy atom. The van der Waals surface area contributed by atoms with Crippen LogP contribution in [0.5, 0.6) is 0 Å². The summed E-state index contributed by atoms with van der Waals surface area (Å²) in [7, 11) is 0. The van der Waals surface area contributed by atoms with Gasteiger partial charge in [-0.25, -0.2) is 4.79 Å². The van der Waals surface area contributed by atoms with Gasteiger partial charge in [0.2, 0.25) is 11.8 Å². The maximum Gasteiger partial charge on any atom is 0.352 e. The highest BCUT2D eigenvalue weighted by atomic mass is 32.2. The Morgan fingerprint density at radius 3 is 2.75 bits per heavy atom. The number of thioether (sulfide) groups is 1. The number of amides is 2. The fourth-order valence-electron chi connectivity index (χ4n) is 3.56. The zero-order valence-electron chi connectivity index (χ0n) is 13.1. The average molecular weight is 349 g/mol. The highest BCUT2D eigenvalue weighted by molar-refractivity contribution is 8.00. The molecular weight excluding hydrogens is 330 g/mol. The fraction of sp³-hybridized carbons (Fsp3) is 0.562. The molecule has 3 aliphatic heterocycles. The van der Waals surface area contributed by atoms with Crippen LogP contribution < -0.4 is 5.73 Å². The molecule has 2 amide bonds. The molecule has 4 rings (SSSR count). The standard InChI is InChI=1S/C16H19N3O4S/c17-11-14(21)19-12(16(22)23)9(7-24-15(11)19)6-8-2-1-5-18(13(8)20)10-3-4-10/h6,10-11,15H,1-5,7,17H2,(H,22,23)/t11-,15-/m1/s1. The maximum absolute atomic E-state index is 12.6. The first-order chi connectivity index (χ1) is 11.5. The predicted molar refractivity (Wildman–Crippen MR) is 87.8 cm³/mol. The second kappa shape index (κ2) is 5.63. The van der Waals surface area contributed by atoms with Gasteiger partial charge in [0, 0.05) is 23.9 Å². The van der Waals surface area contributed by atoms with E-state index < -0.39 is 12.0 Å². The van der Waals surface area contributed by atoms with Crippen molar-refractivity contribution in [2.24, 2.45) is 5.73 Å². The molecule has 2 atom stereocenters. The smallest absolute Gasteiger partial charge is 0.352 e. The number of carboxylic acid groups (broad SMARTS) is 1. The number of piperidine rings is 1. The molecule has 3 heterocycles. The van der Waals surface area contributed by atoms with Crippen molar-refractivity contribution in [3.8, 4) is 0 Å². The highest BCUT2D eigenvalue weighted by Gasteiger charge is 2.51. The molecule has 0 bridgehead atoms. The van der Waals surface area contributed by atoms with Crippen LogP contribution in [0.3, 0.4) is 0 Å². The second-order valence-electron chi connectivity index (χ2n) is 6.62. The molecule has 0 radical (unpaired) electrons. The number of rotatable bonds is 3. The van der Waals surface area contributed by atoms with Crippen LogP contribution >= 0.6 is 11.8 Å². The number of hydrogen-bond acceptors (Lipinski definition) is 5. The summed E-state index contributed by atoms with van der Waals surface area (Å²) in [6.45, 7) is 0.780. The number of nitrogens with two attached hydrogens (primary N) is 1. The Hall–Kier alpha value is -1.80. The van der Waals surface area contributed by atoms with Crippen molar-refractivity contribution in [1.29, 1.82) is 0 Å². The van der Waals surface area contributed by atoms with Gasteiger partial charge in [-0.05, 0) is 37.3 Å². The van der Waals surface area contributed by atoms with E-state index in [2.05, 4.69) is 0 Å². The Balaban J connectivity index is 1.67. The lowest BCUT2D eigenvalue weighted by molar-refractivity contribution is -0.147. The normalized spacial score (nSPS) is 32.1. The minimum absolute atomic E-state index is 0.0137. The first-order valence-corrected chi connectivity index (χ1v) is 9.22. The molecule has 7 nitrogen and oxygen atoms in total. The van der Waals surface area contributed by atoms with Crippen LogP contribution in [0.1, 0.15) is 25.7 Å². The largest absolute Gasteiger partial charge is 0.477 e. The molecule has 1 saturated carbocycles. The van der Waals surface area contributed by atoms with Crippen LogP contribution in [-0.2, 0) is 14.4 Å². The quantitative estimate of drug-likeness (QED) is 0.560. The van der Waals surface area contributed by atoms with Crippen LogP contribution in [0.15, 0.2) is 22.9 Å². The van der Waals surface area contributed by atoms with E-state index in [0.717, 1.165) is 25.8 Å². The summed E-state index contributed by atoms with van der Waals surface area (Å²) in [6, 6.07) is -0.283. The van der Waals surface area contributed by atoms with Gasteiger partial charge in [-0.1, -0.05) is 0 Å². The van der Waals surface area contributed by atoms with Crippen LogP contribution in [0, 0.1) is 0 Å². The molecule has 24 heavy (non-hydrogen) atoms. The number of carbonyl (C=O) groups is 3. The van der Waals surface area contributed by atoms with Gasteiger partial charge in [0.1, 0.15) is 17.1 Å². The van der Waals surface area contributed by atoms with Gasteiger partial charge in [-0.2, -0.15) is 0 Å². The number of carbonyl (C=O) groups excluding carboxylic acids is 2. The van der Waals surface area contributed by atoms with Crippen molar-refractivity contribution in [3.05, 3.63) is 22.9 Å². The fourth-order valence-corrected chi connectivity index (χ4v) is 4.81. The number of carboxylic acids is 1. The van der Waals surface area contributed by atoms with Gasteiger partial charge in [-0.15, -0.1) is 11.8 Å². The summed E-state index contributed by atoms with van der Waals surface area (Å²) in [5, 5.41) is 9.24. The first-order valence-electron chi connectivity index (χ1n) is 8.17. The molecule has 128 valence electrons. The van der Waals surface area contributed by atoms with E-state index >= 15 is 0 Å². The topological polar surface area (TPSA) is 104 Å². The molecular formula is C16H19N3O4S. The zero-order chi connectivity index (χ0) is 17.0. The van der Waals surface area contributed by atoms with E-state index in [1.807, 2.05) is 4.90 Å². The van der Waals surface area contributed by atoms with Gasteiger partial charge in [-0.3, -0.25) is 14.5 Å². The van der Waals surface area contributed by atoms with E-state index in [1.165, 1.54) is 16.7 Å². The lowest BCUT2D eigenvalue weighted by Crippen LogP contribution is -2.68. The summed E-state index contributed by atoms with van der Waals surface area (Å²) < 4.78 is 0. The Kier molecular flexibility index (Phi) is 3.69. The third kappa shape index (κ3) is 2.36. The van der Waals surface area contributed by atoms with Crippen molar-refractivity contribution in [2.75, 3.05) is 12.3 Å². The highest BCUT2D eigenvalue weighted by Crippen LogP contribution is 2.40. The molecule has 3 N–H and O–H groups in total. The molecule has 2 saturated heterocycles. The molecule has 0 aromatic heterocycles. The lowest BCUT2D eigenvalue weighted by atomic mass is 9.98. The SMILES string of the molecule is N[C@@H]1C(=O)N2C(C(=O)O)=C(C=C3CCCN(C4CC4)C3=O)CS[C@H]12. The summed E-state index contributed by atoms with van der Waals surface area (Å²) >= 11 is 1.45. The molecule has 4 aliphatic rings. The second-order valence-corrected chi connectivity index (χ2v) is 7.72. The van der Waals surface area contributed by atoms with Crippen LogP contribution in [0.2, 0.25) is 0 Å². The van der Waals surface area contributed by atoms with Gasteiger partial charge in [0.05, 0.1) is 0 Å². The minimum atomic E-state index is -1.14. The summed E-state index contributed by atoms with van der Waals surface area (Å²) in [4.78, 5) is 39.4. The zero-order valence-corrected chi connectivity index (χ0v) is 13.9. The van der Waals surface area contributed by atoms with E-state index in [-0.39, 0.29) is 22.9 Å². The number of nitrogens with zero attached hydrogens (tertiary/aromatic N) is 2. The maximum atomic E-state index is 12.6. The molecule has 0 unspecified atom stereocenters. The molecule has 0 aromatic carbocycles. The molecule has 0 spiro atoms. The number of β-lactam (4-membered cyclic amide) rings is 1. The molecule has 3 fully saturated rings. The lowest BCUT2D eigenvalue weighted by Gasteiger charge is -2.47. The van der Waals surface area contributed by atoms with E-state index in [1.54, 1.807) is 6.08 Å². The van der Waals surface area contributed by atoms with Crippen molar-refractivity contribution < 1.29 is 19.5 Å². The van der Waals surface area contributed by atoms with Crippen LogP contribution in [0.25, 0.3) is 0 Å². The van der Waals surface area contributed by atoms with Crippen molar-refractivity contribution in [2.45, 2.75) is 43.1 Å². The van der Waals surface area contributed by atoms with Gasteiger partial charge < -0.3 is 15.7 Å². The Morgan fingerprint density at radius 2 is 2.08 bits per heavy atom. The Labute approximate surface area is 143 Å². The van der Waals surface area contributed by atoms with Gasteiger partial charge >= 0.3 is 5.97 Å². The number of hydrogen-bond donors (Lipinski definition) is 2. The van der Waals surface area contributed by atoms with Gasteiger partial charge in [0.15, 0.2) is 0 Å². The monoisotopic (exact) mass is 349 g/mol. The third-order valence-corrected chi connectivity index (χ3v) is 6.28. The van der Waals surface area contributed by atoms with E-state index in [9.17, 15) is 19.5 Å². The number of allylic oxidation sites excluding steroid dienone is 1. The van der Waals surface area contributed by atoms with Crippen molar-refractivity contribution in [3.63, 3.8) is 0 Å². The summed E-state index contributed by atoms with van der Waals surface area (Å²) in [5.74, 6) is -1.05.